The molecule has 0 saturated heterocycles. The largest absolute Gasteiger partial charge is 0.0830 e. The molecule has 5 rings (SSSR count). The Morgan fingerprint density at radius 1 is 0.565 bits per heavy atom. The Balaban J connectivity index is 1.96. The zero-order chi connectivity index (χ0) is 15.4. The maximum Gasteiger partial charge on any atom is 0.0569 e. The van der Waals surface area contributed by atoms with Crippen LogP contribution in [0.15, 0.2) is 78.9 Å². The van der Waals surface area contributed by atoms with Crippen LogP contribution >= 0.6 is 11.6 Å². The molecule has 0 nitrogen and oxygen atoms in total. The van der Waals surface area contributed by atoms with Crippen molar-refractivity contribution in [1.29, 1.82) is 0 Å². The summed E-state index contributed by atoms with van der Waals surface area (Å²) < 4.78 is 0. The highest BCUT2D eigenvalue weighted by Crippen LogP contribution is 2.52. The Kier molecular flexibility index (Phi) is 2.65. The quantitative estimate of drug-likeness (QED) is 0.319. The summed E-state index contributed by atoms with van der Waals surface area (Å²) in [4.78, 5) is 0. The molecule has 108 valence electrons. The van der Waals surface area contributed by atoms with Crippen molar-refractivity contribution in [1.82, 2.24) is 0 Å². The van der Waals surface area contributed by atoms with Crippen molar-refractivity contribution in [3.63, 3.8) is 0 Å². The van der Waals surface area contributed by atoms with Gasteiger partial charge in [-0.2, -0.15) is 0 Å². The minimum absolute atomic E-state index is 0.848. The fraction of sp³-hybridized carbons (Fsp3) is 0. The van der Waals surface area contributed by atoms with Crippen molar-refractivity contribution in [2.24, 2.45) is 0 Å². The highest BCUT2D eigenvalue weighted by molar-refractivity contribution is 6.40. The molecule has 0 aliphatic heterocycles. The molecule has 0 fully saturated rings. The molecule has 0 heterocycles. The highest BCUT2D eigenvalue weighted by atomic mass is 35.5. The van der Waals surface area contributed by atoms with E-state index in [4.69, 9.17) is 11.6 Å². The third-order valence-electron chi connectivity index (χ3n) is 4.67. The molecule has 0 saturated carbocycles. The summed E-state index contributed by atoms with van der Waals surface area (Å²) in [5, 5.41) is 3.37. The van der Waals surface area contributed by atoms with E-state index in [0.717, 1.165) is 16.1 Å². The van der Waals surface area contributed by atoms with Crippen LogP contribution in [0.3, 0.4) is 0 Å². The van der Waals surface area contributed by atoms with Crippen LogP contribution in [0.25, 0.3) is 44.2 Å². The maximum atomic E-state index is 6.88. The lowest BCUT2D eigenvalue weighted by molar-refractivity contribution is 1.64. The average Bonchev–Trinajstić information content (AvgIpc) is 2.95. The molecule has 23 heavy (non-hydrogen) atoms. The molecule has 0 amide bonds. The average molecular weight is 313 g/mol. The van der Waals surface area contributed by atoms with Gasteiger partial charge in [0.1, 0.15) is 0 Å². The first-order chi connectivity index (χ1) is 11.3. The van der Waals surface area contributed by atoms with Gasteiger partial charge in [0.25, 0.3) is 0 Å². The zero-order valence-corrected chi connectivity index (χ0v) is 13.1. The molecule has 0 N–H and O–H groups in total. The lowest BCUT2D eigenvalue weighted by Crippen LogP contribution is -1.85. The van der Waals surface area contributed by atoms with Gasteiger partial charge >= 0.3 is 0 Å². The molecule has 0 radical (unpaired) electrons. The van der Waals surface area contributed by atoms with E-state index in [9.17, 15) is 0 Å². The van der Waals surface area contributed by atoms with Crippen LogP contribution < -0.4 is 0 Å². The predicted molar refractivity (Wildman–Crippen MR) is 98.8 cm³/mol. The van der Waals surface area contributed by atoms with Crippen molar-refractivity contribution in [3.8, 4) is 33.4 Å². The van der Waals surface area contributed by atoms with Gasteiger partial charge in [0.15, 0.2) is 0 Å². The van der Waals surface area contributed by atoms with Crippen molar-refractivity contribution >= 4 is 22.4 Å². The van der Waals surface area contributed by atoms with Gasteiger partial charge in [0.05, 0.1) is 5.02 Å². The number of hydrogen-bond acceptors (Lipinski definition) is 0. The Morgan fingerprint density at radius 2 is 1.26 bits per heavy atom. The smallest absolute Gasteiger partial charge is 0.0569 e. The van der Waals surface area contributed by atoms with Crippen LogP contribution in [0.5, 0.6) is 0 Å². The summed E-state index contributed by atoms with van der Waals surface area (Å²) in [5.41, 5.74) is 7.24. The lowest BCUT2D eigenvalue weighted by Gasteiger charge is -2.11. The topological polar surface area (TPSA) is 0 Å². The van der Waals surface area contributed by atoms with Crippen molar-refractivity contribution < 1.29 is 0 Å². The van der Waals surface area contributed by atoms with Gasteiger partial charge in [-0.1, -0.05) is 84.4 Å². The molecule has 0 aromatic heterocycles. The van der Waals surface area contributed by atoms with E-state index in [1.165, 1.54) is 33.0 Å². The van der Waals surface area contributed by atoms with E-state index in [-0.39, 0.29) is 0 Å². The number of rotatable bonds is 1. The minimum Gasteiger partial charge on any atom is -0.0830 e. The summed E-state index contributed by atoms with van der Waals surface area (Å²) in [6.07, 6.45) is 0. The van der Waals surface area contributed by atoms with Gasteiger partial charge in [0.2, 0.25) is 0 Å². The van der Waals surface area contributed by atoms with Crippen LogP contribution in [0, 0.1) is 0 Å². The monoisotopic (exact) mass is 312 g/mol. The molecule has 4 aromatic rings. The molecule has 0 bridgehead atoms. The molecular weight excluding hydrogens is 300 g/mol. The fourth-order valence-electron chi connectivity index (χ4n) is 3.67. The maximum absolute atomic E-state index is 6.88. The van der Waals surface area contributed by atoms with Gasteiger partial charge < -0.3 is 0 Å². The van der Waals surface area contributed by atoms with E-state index in [2.05, 4.69) is 72.8 Å². The van der Waals surface area contributed by atoms with E-state index in [1.807, 2.05) is 6.07 Å². The number of fused-ring (bicyclic) bond motifs is 3. The molecule has 0 spiro atoms. The Morgan fingerprint density at radius 3 is 2.09 bits per heavy atom. The second-order valence-corrected chi connectivity index (χ2v) is 6.31. The van der Waals surface area contributed by atoms with Crippen LogP contribution in [0.2, 0.25) is 5.02 Å². The summed E-state index contributed by atoms with van der Waals surface area (Å²) in [7, 11) is 0. The van der Waals surface area contributed by atoms with Crippen molar-refractivity contribution in [2.45, 2.75) is 0 Å². The lowest BCUT2D eigenvalue weighted by atomic mass is 9.96. The molecular formula is C22H13Cl. The second-order valence-electron chi connectivity index (χ2n) is 5.93. The SMILES string of the molecule is Clc1c(-c2ccccc2)cc2cccc3c2c1-c1ccccc1-3. The number of benzene rings is 4. The van der Waals surface area contributed by atoms with Gasteiger partial charge in [-0.25, -0.2) is 0 Å². The van der Waals surface area contributed by atoms with Gasteiger partial charge in [-0.3, -0.25) is 0 Å². The highest BCUT2D eigenvalue weighted by Gasteiger charge is 2.25. The van der Waals surface area contributed by atoms with E-state index in [1.54, 1.807) is 0 Å². The first-order valence-corrected chi connectivity index (χ1v) is 8.13. The Bertz CT molecular complexity index is 1060. The van der Waals surface area contributed by atoms with Gasteiger partial charge in [0, 0.05) is 11.1 Å². The fourth-order valence-corrected chi connectivity index (χ4v) is 4.03. The second kappa shape index (κ2) is 4.71. The Labute approximate surface area is 140 Å². The van der Waals surface area contributed by atoms with Gasteiger partial charge in [-0.15, -0.1) is 0 Å². The van der Waals surface area contributed by atoms with E-state index in [0.29, 0.717) is 0 Å². The summed E-state index contributed by atoms with van der Waals surface area (Å²) >= 11 is 6.88. The van der Waals surface area contributed by atoms with Crippen molar-refractivity contribution in [3.05, 3.63) is 83.9 Å². The normalized spacial score (nSPS) is 11.7. The first kappa shape index (κ1) is 12.9. The molecule has 1 aliphatic rings. The third-order valence-corrected chi connectivity index (χ3v) is 5.07. The zero-order valence-electron chi connectivity index (χ0n) is 12.4. The van der Waals surface area contributed by atoms with Gasteiger partial charge in [-0.05, 0) is 39.1 Å². The van der Waals surface area contributed by atoms with Crippen LogP contribution in [-0.4, -0.2) is 0 Å². The Hall–Kier alpha value is -2.57. The van der Waals surface area contributed by atoms with Crippen LogP contribution in [0.1, 0.15) is 0 Å². The standard InChI is InChI=1S/C22H13Cl/c23-22-19(14-7-2-1-3-8-14)13-15-9-6-12-17-16-10-4-5-11-18(16)21(22)20(15)17/h1-13H. The molecule has 4 aromatic carbocycles. The molecule has 0 atom stereocenters. The van der Waals surface area contributed by atoms with Crippen LogP contribution in [-0.2, 0) is 0 Å². The summed E-state index contributed by atoms with van der Waals surface area (Å²) in [6.45, 7) is 0. The molecule has 1 heteroatoms. The number of hydrogen-bond donors (Lipinski definition) is 0. The molecule has 0 unspecified atom stereocenters. The van der Waals surface area contributed by atoms with Crippen molar-refractivity contribution in [2.75, 3.05) is 0 Å². The predicted octanol–water partition coefficient (Wildman–Crippen LogP) is 6.81. The minimum atomic E-state index is 0.848. The third kappa shape index (κ3) is 1.73. The first-order valence-electron chi connectivity index (χ1n) is 7.75. The van der Waals surface area contributed by atoms with E-state index < -0.39 is 0 Å². The van der Waals surface area contributed by atoms with Crippen LogP contribution in [0.4, 0.5) is 0 Å². The molecule has 1 aliphatic carbocycles. The van der Waals surface area contributed by atoms with E-state index >= 15 is 0 Å². The summed E-state index contributed by atoms with van der Waals surface area (Å²) in [6, 6.07) is 27.6. The summed E-state index contributed by atoms with van der Waals surface area (Å²) in [5.74, 6) is 0. The number of halogens is 1.